The number of rotatable bonds is 19. The predicted molar refractivity (Wildman–Crippen MR) is 131 cm³/mol. The van der Waals surface area contributed by atoms with Gasteiger partial charge in [0.1, 0.15) is 5.78 Å². The minimum Gasteiger partial charge on any atom is -0.299 e. The summed E-state index contributed by atoms with van der Waals surface area (Å²) in [6.07, 6.45) is 37.2. The van der Waals surface area contributed by atoms with Gasteiger partial charge in [0.2, 0.25) is 0 Å². The topological polar surface area (TPSA) is 17.1 Å². The summed E-state index contributed by atoms with van der Waals surface area (Å²) >= 11 is 0. The van der Waals surface area contributed by atoms with E-state index in [4.69, 9.17) is 0 Å². The largest absolute Gasteiger partial charge is 0.299 e. The molecule has 0 unspecified atom stereocenters. The molecule has 0 fully saturated rings. The van der Waals surface area contributed by atoms with Gasteiger partial charge in [-0.05, 0) is 70.6 Å². The molecule has 0 aromatic heterocycles. The summed E-state index contributed by atoms with van der Waals surface area (Å²) in [6, 6.07) is 0. The molecule has 0 aliphatic carbocycles. The van der Waals surface area contributed by atoms with Gasteiger partial charge in [0.15, 0.2) is 0 Å². The maximum atomic E-state index is 11.5. The van der Waals surface area contributed by atoms with Crippen LogP contribution in [0.1, 0.15) is 104 Å². The van der Waals surface area contributed by atoms with E-state index in [0.29, 0.717) is 5.78 Å². The van der Waals surface area contributed by atoms with E-state index < -0.39 is 0 Å². The Balaban J connectivity index is 3.42. The van der Waals surface area contributed by atoms with E-state index in [1.807, 2.05) is 13.8 Å². The van der Waals surface area contributed by atoms with Crippen LogP contribution in [0.3, 0.4) is 0 Å². The maximum Gasteiger partial charge on any atom is 0.135 e. The summed E-state index contributed by atoms with van der Waals surface area (Å²) in [5, 5.41) is 0. The number of unbranched alkanes of at least 4 members (excludes halogenated alkanes) is 6. The van der Waals surface area contributed by atoms with E-state index in [1.54, 1.807) is 0 Å². The van der Waals surface area contributed by atoms with Gasteiger partial charge in [-0.25, -0.2) is 0 Å². The zero-order chi connectivity index (χ0) is 21.4. The van der Waals surface area contributed by atoms with Gasteiger partial charge < -0.3 is 0 Å². The van der Waals surface area contributed by atoms with Crippen LogP contribution in [-0.2, 0) is 4.79 Å². The van der Waals surface area contributed by atoms with Crippen LogP contribution in [0.4, 0.5) is 0 Å². The molecule has 0 radical (unpaired) electrons. The molecule has 0 rings (SSSR count). The maximum absolute atomic E-state index is 11.5. The van der Waals surface area contributed by atoms with Gasteiger partial charge >= 0.3 is 0 Å². The van der Waals surface area contributed by atoms with Crippen LogP contribution in [0.5, 0.6) is 0 Å². The zero-order valence-corrected chi connectivity index (χ0v) is 19.5. The highest BCUT2D eigenvalue weighted by molar-refractivity contribution is 5.80. The highest BCUT2D eigenvalue weighted by Crippen LogP contribution is 2.06. The Morgan fingerprint density at radius 3 is 1.17 bits per heavy atom. The van der Waals surface area contributed by atoms with Gasteiger partial charge in [-0.2, -0.15) is 0 Å². The first kappa shape index (κ1) is 27.4. The molecule has 0 aliphatic rings. The van der Waals surface area contributed by atoms with E-state index in [9.17, 15) is 4.79 Å². The van der Waals surface area contributed by atoms with Gasteiger partial charge in [-0.1, -0.05) is 88.0 Å². The number of ketones is 1. The molecule has 0 bridgehead atoms. The van der Waals surface area contributed by atoms with Crippen LogP contribution < -0.4 is 0 Å². The van der Waals surface area contributed by atoms with Crippen LogP contribution >= 0.6 is 0 Å². The minimum absolute atomic E-state index is 0.184. The molecule has 29 heavy (non-hydrogen) atoms. The van der Waals surface area contributed by atoms with Crippen molar-refractivity contribution in [3.8, 4) is 0 Å². The SMILES string of the molecule is CCC/C=C\CC/C=C\CC/C=C\CC/C=C\CC/C=C\CCCC(=O)C(C)C. The predicted octanol–water partition coefficient (Wildman–Crippen LogP) is 9.08. The van der Waals surface area contributed by atoms with Crippen molar-refractivity contribution in [3.63, 3.8) is 0 Å². The van der Waals surface area contributed by atoms with Crippen LogP contribution in [0.15, 0.2) is 60.8 Å². The Morgan fingerprint density at radius 2 is 0.862 bits per heavy atom. The summed E-state index contributed by atoms with van der Waals surface area (Å²) in [6.45, 7) is 6.18. The van der Waals surface area contributed by atoms with Gasteiger partial charge in [-0.3, -0.25) is 4.79 Å². The number of Topliss-reactive ketones (excluding diaryl/α,β-unsaturated/α-hetero) is 1. The Labute approximate surface area is 181 Å². The first-order valence-corrected chi connectivity index (χ1v) is 12.0. The molecular weight excluding hydrogens is 352 g/mol. The van der Waals surface area contributed by atoms with Crippen LogP contribution in [0.2, 0.25) is 0 Å². The van der Waals surface area contributed by atoms with Crippen molar-refractivity contribution < 1.29 is 4.79 Å². The van der Waals surface area contributed by atoms with Crippen molar-refractivity contribution in [1.82, 2.24) is 0 Å². The Kier molecular flexibility index (Phi) is 21.4. The number of carbonyl (C=O) groups is 1. The molecular formula is C28H46O. The molecule has 1 nitrogen and oxygen atoms in total. The van der Waals surface area contributed by atoms with Crippen molar-refractivity contribution >= 4 is 5.78 Å². The van der Waals surface area contributed by atoms with E-state index in [2.05, 4.69) is 67.7 Å². The van der Waals surface area contributed by atoms with Crippen LogP contribution in [0.25, 0.3) is 0 Å². The zero-order valence-electron chi connectivity index (χ0n) is 19.5. The molecule has 0 aromatic carbocycles. The molecule has 0 amide bonds. The number of allylic oxidation sites excluding steroid dienone is 10. The molecule has 0 aromatic rings. The first-order chi connectivity index (χ1) is 14.2. The number of hydrogen-bond acceptors (Lipinski definition) is 1. The molecule has 0 saturated heterocycles. The third kappa shape index (κ3) is 22.5. The second-order valence-corrected chi connectivity index (χ2v) is 7.97. The lowest BCUT2D eigenvalue weighted by Crippen LogP contribution is -2.05. The lowest BCUT2D eigenvalue weighted by atomic mass is 10.0. The van der Waals surface area contributed by atoms with E-state index in [-0.39, 0.29) is 5.92 Å². The Morgan fingerprint density at radius 1 is 0.552 bits per heavy atom. The summed E-state index contributed by atoms with van der Waals surface area (Å²) in [5.74, 6) is 0.571. The van der Waals surface area contributed by atoms with Crippen molar-refractivity contribution in [2.24, 2.45) is 5.92 Å². The molecule has 0 aliphatic heterocycles. The monoisotopic (exact) mass is 398 g/mol. The average molecular weight is 399 g/mol. The quantitative estimate of drug-likeness (QED) is 0.157. The van der Waals surface area contributed by atoms with E-state index in [0.717, 1.165) is 57.8 Å². The fraction of sp³-hybridized carbons (Fsp3) is 0.607. The molecule has 0 spiro atoms. The van der Waals surface area contributed by atoms with Crippen LogP contribution in [0, 0.1) is 5.92 Å². The fourth-order valence-corrected chi connectivity index (χ4v) is 2.80. The third-order valence-corrected chi connectivity index (χ3v) is 4.73. The second-order valence-electron chi connectivity index (χ2n) is 7.97. The summed E-state index contributed by atoms with van der Waals surface area (Å²) < 4.78 is 0. The van der Waals surface area contributed by atoms with Crippen molar-refractivity contribution in [2.75, 3.05) is 0 Å². The van der Waals surface area contributed by atoms with E-state index >= 15 is 0 Å². The van der Waals surface area contributed by atoms with Gasteiger partial charge in [0, 0.05) is 12.3 Å². The van der Waals surface area contributed by atoms with Crippen LogP contribution in [-0.4, -0.2) is 5.78 Å². The summed E-state index contributed by atoms with van der Waals surface area (Å²) in [7, 11) is 0. The van der Waals surface area contributed by atoms with Gasteiger partial charge in [-0.15, -0.1) is 0 Å². The lowest BCUT2D eigenvalue weighted by Gasteiger charge is -2.01. The first-order valence-electron chi connectivity index (χ1n) is 12.0. The fourth-order valence-electron chi connectivity index (χ4n) is 2.80. The number of hydrogen-bond donors (Lipinski definition) is 0. The van der Waals surface area contributed by atoms with Crippen molar-refractivity contribution in [3.05, 3.63) is 60.8 Å². The standard InChI is InChI=1S/C28H46O/c1-4-5-6-7-8-9-10-11-12-13-14-15-16-17-18-19-20-21-22-23-24-25-26-28(29)27(2)3/h6-7,10-11,14-15,18-19,22-23,27H,4-5,8-9,12-13,16-17,20-21,24-26H2,1-3H3/b7-6-,11-10-,15-14-,19-18-,23-22-. The smallest absolute Gasteiger partial charge is 0.135 e. The average Bonchev–Trinajstić information content (AvgIpc) is 2.71. The highest BCUT2D eigenvalue weighted by Gasteiger charge is 2.04. The lowest BCUT2D eigenvalue weighted by molar-refractivity contribution is -0.121. The molecule has 0 atom stereocenters. The van der Waals surface area contributed by atoms with Gasteiger partial charge in [0.05, 0.1) is 0 Å². The summed E-state index contributed by atoms with van der Waals surface area (Å²) in [4.78, 5) is 11.5. The molecule has 0 N–H and O–H groups in total. The second kappa shape index (κ2) is 22.7. The van der Waals surface area contributed by atoms with Gasteiger partial charge in [0.25, 0.3) is 0 Å². The highest BCUT2D eigenvalue weighted by atomic mass is 16.1. The van der Waals surface area contributed by atoms with E-state index in [1.165, 1.54) is 25.7 Å². The normalized spacial score (nSPS) is 12.8. The van der Waals surface area contributed by atoms with Crippen molar-refractivity contribution in [1.29, 1.82) is 0 Å². The molecule has 0 saturated carbocycles. The number of carbonyl (C=O) groups excluding carboxylic acids is 1. The Bertz CT molecular complexity index is 502. The third-order valence-electron chi connectivity index (χ3n) is 4.73. The molecule has 1 heteroatoms. The van der Waals surface area contributed by atoms with Crippen molar-refractivity contribution in [2.45, 2.75) is 104 Å². The Hall–Kier alpha value is -1.63. The minimum atomic E-state index is 0.184. The summed E-state index contributed by atoms with van der Waals surface area (Å²) in [5.41, 5.74) is 0. The molecule has 164 valence electrons. The molecule has 0 heterocycles.